The molecule has 3 aromatic rings. The first-order chi connectivity index (χ1) is 11.2. The second-order valence-electron chi connectivity index (χ2n) is 5.63. The first-order valence-corrected chi connectivity index (χ1v) is 7.58. The van der Waals surface area contributed by atoms with E-state index in [1.165, 1.54) is 0 Å². The Bertz CT molecular complexity index is 827. The van der Waals surface area contributed by atoms with Crippen LogP contribution >= 0.6 is 0 Å². The van der Waals surface area contributed by atoms with Crippen LogP contribution in [0.3, 0.4) is 0 Å². The first kappa shape index (κ1) is 15.2. The van der Waals surface area contributed by atoms with Gasteiger partial charge in [-0.25, -0.2) is 0 Å². The van der Waals surface area contributed by atoms with Crippen molar-refractivity contribution in [1.82, 2.24) is 4.98 Å². The van der Waals surface area contributed by atoms with Crippen LogP contribution in [0.2, 0.25) is 0 Å². The van der Waals surface area contributed by atoms with Crippen LogP contribution in [0.5, 0.6) is 0 Å². The molecule has 1 atom stereocenters. The number of fused-ring (bicyclic) bond motifs is 1. The second-order valence-corrected chi connectivity index (χ2v) is 5.63. The zero-order chi connectivity index (χ0) is 16.2. The van der Waals surface area contributed by atoms with Gasteiger partial charge in [0.15, 0.2) is 0 Å². The maximum atomic E-state index is 12.6. The molecule has 0 saturated carbocycles. The number of nitrogens with two attached hydrogens (primary N) is 1. The van der Waals surface area contributed by atoms with E-state index in [1.54, 1.807) is 12.4 Å². The molecule has 116 valence electrons. The largest absolute Gasteiger partial charge is 0.329 e. The molecule has 23 heavy (non-hydrogen) atoms. The number of aryl methyl sites for hydroxylation is 1. The molecule has 0 aliphatic rings. The van der Waals surface area contributed by atoms with Crippen molar-refractivity contribution < 1.29 is 4.79 Å². The van der Waals surface area contributed by atoms with Crippen molar-refractivity contribution in [2.24, 2.45) is 5.73 Å². The summed E-state index contributed by atoms with van der Waals surface area (Å²) in [5.74, 6) is -0.450. The molecule has 0 saturated heterocycles. The van der Waals surface area contributed by atoms with Gasteiger partial charge in [0.05, 0.1) is 5.92 Å². The van der Waals surface area contributed by atoms with Crippen LogP contribution in [0.15, 0.2) is 60.9 Å². The van der Waals surface area contributed by atoms with Gasteiger partial charge in [-0.15, -0.1) is 0 Å². The number of aromatic nitrogens is 1. The second kappa shape index (κ2) is 6.58. The molecular formula is C19H19N3O. The quantitative estimate of drug-likeness (QED) is 0.777. The molecule has 2 aromatic carbocycles. The summed E-state index contributed by atoms with van der Waals surface area (Å²) in [5.41, 5.74) is 8.67. The van der Waals surface area contributed by atoms with E-state index < -0.39 is 0 Å². The molecule has 0 fully saturated rings. The van der Waals surface area contributed by atoms with Crippen molar-refractivity contribution in [3.05, 3.63) is 72.1 Å². The van der Waals surface area contributed by atoms with Crippen molar-refractivity contribution in [2.45, 2.75) is 12.8 Å². The van der Waals surface area contributed by atoms with E-state index in [0.29, 0.717) is 0 Å². The van der Waals surface area contributed by atoms with Crippen molar-refractivity contribution in [1.29, 1.82) is 0 Å². The minimum atomic E-state index is -0.358. The molecule has 3 N–H and O–H groups in total. The number of carbonyl (C=O) groups excluding carboxylic acids is 1. The summed E-state index contributed by atoms with van der Waals surface area (Å²) in [5, 5.41) is 5.04. The van der Waals surface area contributed by atoms with E-state index in [4.69, 9.17) is 5.73 Å². The summed E-state index contributed by atoms with van der Waals surface area (Å²) in [6, 6.07) is 15.6. The highest BCUT2D eigenvalue weighted by Crippen LogP contribution is 2.21. The van der Waals surface area contributed by atoms with Crippen molar-refractivity contribution in [2.75, 3.05) is 11.9 Å². The third-order valence-electron chi connectivity index (χ3n) is 3.94. The number of anilines is 1. The van der Waals surface area contributed by atoms with Gasteiger partial charge < -0.3 is 11.1 Å². The fraction of sp³-hybridized carbons (Fsp3) is 0.158. The van der Waals surface area contributed by atoms with Gasteiger partial charge in [0.2, 0.25) is 5.91 Å². The Labute approximate surface area is 135 Å². The van der Waals surface area contributed by atoms with E-state index in [1.807, 2.05) is 55.5 Å². The summed E-state index contributed by atoms with van der Waals surface area (Å²) in [4.78, 5) is 16.6. The molecule has 1 aromatic heterocycles. The summed E-state index contributed by atoms with van der Waals surface area (Å²) >= 11 is 0. The number of amides is 1. The predicted molar refractivity (Wildman–Crippen MR) is 93.3 cm³/mol. The molecular weight excluding hydrogens is 286 g/mol. The van der Waals surface area contributed by atoms with Gasteiger partial charge >= 0.3 is 0 Å². The monoisotopic (exact) mass is 305 g/mol. The SMILES string of the molecule is Cc1ccc([C@H](CN)C(=O)Nc2ccc3cnccc3c2)cc1. The zero-order valence-electron chi connectivity index (χ0n) is 13.0. The van der Waals surface area contributed by atoms with Crippen LogP contribution in [0.1, 0.15) is 17.0 Å². The van der Waals surface area contributed by atoms with Crippen LogP contribution in [0.25, 0.3) is 10.8 Å². The molecule has 4 nitrogen and oxygen atoms in total. The molecule has 1 heterocycles. The number of pyridine rings is 1. The molecule has 4 heteroatoms. The fourth-order valence-electron chi connectivity index (χ4n) is 2.58. The van der Waals surface area contributed by atoms with Gasteiger partial charge in [0, 0.05) is 30.0 Å². The van der Waals surface area contributed by atoms with Crippen LogP contribution < -0.4 is 11.1 Å². The van der Waals surface area contributed by atoms with E-state index in [-0.39, 0.29) is 18.4 Å². The number of hydrogen-bond acceptors (Lipinski definition) is 3. The molecule has 0 bridgehead atoms. The fourth-order valence-corrected chi connectivity index (χ4v) is 2.58. The molecule has 3 rings (SSSR count). The molecule has 0 radical (unpaired) electrons. The average molecular weight is 305 g/mol. The van der Waals surface area contributed by atoms with Crippen LogP contribution in [0.4, 0.5) is 5.69 Å². The summed E-state index contributed by atoms with van der Waals surface area (Å²) < 4.78 is 0. The minimum absolute atomic E-state index is 0.0928. The van der Waals surface area contributed by atoms with E-state index in [9.17, 15) is 4.79 Å². The van der Waals surface area contributed by atoms with Crippen LogP contribution in [-0.2, 0) is 4.79 Å². The molecule has 0 aliphatic carbocycles. The molecule has 0 aliphatic heterocycles. The summed E-state index contributed by atoms with van der Waals surface area (Å²) in [6.45, 7) is 2.29. The Morgan fingerprint density at radius 1 is 1.13 bits per heavy atom. The zero-order valence-corrected chi connectivity index (χ0v) is 13.0. The van der Waals surface area contributed by atoms with Gasteiger partial charge in [-0.1, -0.05) is 35.9 Å². The lowest BCUT2D eigenvalue weighted by molar-refractivity contribution is -0.117. The number of rotatable bonds is 4. The third kappa shape index (κ3) is 3.38. The smallest absolute Gasteiger partial charge is 0.233 e. The highest BCUT2D eigenvalue weighted by molar-refractivity contribution is 5.98. The van der Waals surface area contributed by atoms with Crippen molar-refractivity contribution >= 4 is 22.4 Å². The van der Waals surface area contributed by atoms with Crippen LogP contribution in [-0.4, -0.2) is 17.4 Å². The van der Waals surface area contributed by atoms with Gasteiger partial charge in [0.1, 0.15) is 0 Å². The first-order valence-electron chi connectivity index (χ1n) is 7.58. The number of nitrogens with zero attached hydrogens (tertiary/aromatic N) is 1. The predicted octanol–water partition coefficient (Wildman–Crippen LogP) is 3.22. The highest BCUT2D eigenvalue weighted by atomic mass is 16.1. The van der Waals surface area contributed by atoms with E-state index in [2.05, 4.69) is 10.3 Å². The van der Waals surface area contributed by atoms with E-state index >= 15 is 0 Å². The summed E-state index contributed by atoms with van der Waals surface area (Å²) in [6.07, 6.45) is 3.54. The third-order valence-corrected chi connectivity index (χ3v) is 3.94. The Morgan fingerprint density at radius 3 is 2.65 bits per heavy atom. The number of nitrogens with one attached hydrogen (secondary N) is 1. The lowest BCUT2D eigenvalue weighted by atomic mass is 9.97. The molecule has 1 amide bonds. The molecule has 0 unspecified atom stereocenters. The van der Waals surface area contributed by atoms with Gasteiger partial charge in [0.25, 0.3) is 0 Å². The highest BCUT2D eigenvalue weighted by Gasteiger charge is 2.19. The standard InChI is InChI=1S/C19H19N3O/c1-13-2-4-14(5-3-13)18(11-20)19(23)22-17-7-6-16-12-21-9-8-15(16)10-17/h2-10,12,18H,11,20H2,1H3,(H,22,23)/t18-/m0/s1. The Morgan fingerprint density at radius 2 is 1.91 bits per heavy atom. The van der Waals surface area contributed by atoms with E-state index in [0.717, 1.165) is 27.6 Å². The van der Waals surface area contributed by atoms with Crippen LogP contribution in [0, 0.1) is 6.92 Å². The number of carbonyl (C=O) groups is 1. The van der Waals surface area contributed by atoms with Gasteiger partial charge in [-0.05, 0) is 36.1 Å². The molecule has 0 spiro atoms. The normalized spacial score (nSPS) is 12.1. The Balaban J connectivity index is 1.81. The van der Waals surface area contributed by atoms with Crippen molar-refractivity contribution in [3.63, 3.8) is 0 Å². The number of benzene rings is 2. The minimum Gasteiger partial charge on any atom is -0.329 e. The Kier molecular flexibility index (Phi) is 4.35. The average Bonchev–Trinajstić information content (AvgIpc) is 2.57. The van der Waals surface area contributed by atoms with Gasteiger partial charge in [-0.3, -0.25) is 9.78 Å². The van der Waals surface area contributed by atoms with Gasteiger partial charge in [-0.2, -0.15) is 0 Å². The Hall–Kier alpha value is -2.72. The lowest BCUT2D eigenvalue weighted by Gasteiger charge is -2.16. The topological polar surface area (TPSA) is 68.0 Å². The lowest BCUT2D eigenvalue weighted by Crippen LogP contribution is -2.27. The maximum absolute atomic E-state index is 12.6. The number of hydrogen-bond donors (Lipinski definition) is 2. The summed E-state index contributed by atoms with van der Waals surface area (Å²) in [7, 11) is 0. The maximum Gasteiger partial charge on any atom is 0.233 e. The van der Waals surface area contributed by atoms with Crippen molar-refractivity contribution in [3.8, 4) is 0 Å².